The maximum atomic E-state index is 8.65. The van der Waals surface area contributed by atoms with Crippen molar-refractivity contribution in [3.05, 3.63) is 16.1 Å². The summed E-state index contributed by atoms with van der Waals surface area (Å²) in [4.78, 5) is 4.38. The number of thiazole rings is 1. The van der Waals surface area contributed by atoms with Crippen LogP contribution in [0, 0.1) is 11.3 Å². The lowest BCUT2D eigenvalue weighted by atomic mass is 10.1. The van der Waals surface area contributed by atoms with Crippen molar-refractivity contribution in [2.45, 2.75) is 32.6 Å². The predicted molar refractivity (Wildman–Crippen MR) is 50.2 cm³/mol. The van der Waals surface area contributed by atoms with Gasteiger partial charge in [0.2, 0.25) is 0 Å². The topological polar surface area (TPSA) is 36.7 Å². The summed E-state index contributed by atoms with van der Waals surface area (Å²) in [5.41, 5.74) is 0.909. The molecule has 0 saturated heterocycles. The SMILES string of the molecule is CC(C)c1nc(C(C)C#N)cs1. The molecule has 0 bridgehead atoms. The molecule has 0 fully saturated rings. The van der Waals surface area contributed by atoms with Gasteiger partial charge in [-0.3, -0.25) is 0 Å². The van der Waals surface area contributed by atoms with Crippen molar-refractivity contribution in [3.63, 3.8) is 0 Å². The standard InChI is InChI=1S/C9H12N2S/c1-6(2)9-11-8(5-12-9)7(3)4-10/h5-7H,1-3H3. The van der Waals surface area contributed by atoms with Crippen LogP contribution in [0.4, 0.5) is 0 Å². The maximum Gasteiger partial charge on any atom is 0.0954 e. The van der Waals surface area contributed by atoms with Crippen LogP contribution in [0.25, 0.3) is 0 Å². The third kappa shape index (κ3) is 1.83. The van der Waals surface area contributed by atoms with E-state index in [9.17, 15) is 0 Å². The summed E-state index contributed by atoms with van der Waals surface area (Å²) in [6.07, 6.45) is 0. The summed E-state index contributed by atoms with van der Waals surface area (Å²) >= 11 is 1.64. The highest BCUT2D eigenvalue weighted by atomic mass is 32.1. The summed E-state index contributed by atoms with van der Waals surface area (Å²) in [5, 5.41) is 11.7. The van der Waals surface area contributed by atoms with Crippen molar-refractivity contribution < 1.29 is 0 Å². The van der Waals surface area contributed by atoms with Crippen molar-refractivity contribution in [2.24, 2.45) is 0 Å². The molecule has 0 aliphatic carbocycles. The van der Waals surface area contributed by atoms with E-state index in [1.807, 2.05) is 12.3 Å². The van der Waals surface area contributed by atoms with Gasteiger partial charge in [-0.05, 0) is 6.92 Å². The van der Waals surface area contributed by atoms with Gasteiger partial charge in [0.15, 0.2) is 0 Å². The summed E-state index contributed by atoms with van der Waals surface area (Å²) in [7, 11) is 0. The van der Waals surface area contributed by atoms with E-state index in [0.29, 0.717) is 5.92 Å². The van der Waals surface area contributed by atoms with Crippen molar-refractivity contribution in [2.75, 3.05) is 0 Å². The van der Waals surface area contributed by atoms with Crippen LogP contribution in [0.2, 0.25) is 0 Å². The van der Waals surface area contributed by atoms with E-state index in [4.69, 9.17) is 5.26 Å². The highest BCUT2D eigenvalue weighted by Gasteiger charge is 2.10. The maximum absolute atomic E-state index is 8.65. The quantitative estimate of drug-likeness (QED) is 0.701. The minimum Gasteiger partial charge on any atom is -0.245 e. The van der Waals surface area contributed by atoms with Crippen molar-refractivity contribution in [1.82, 2.24) is 4.98 Å². The third-order valence-electron chi connectivity index (χ3n) is 1.67. The van der Waals surface area contributed by atoms with Gasteiger partial charge in [-0.2, -0.15) is 5.26 Å². The van der Waals surface area contributed by atoms with E-state index in [1.165, 1.54) is 0 Å². The molecule has 0 spiro atoms. The van der Waals surface area contributed by atoms with Gasteiger partial charge in [0.1, 0.15) is 0 Å². The Morgan fingerprint density at radius 3 is 2.58 bits per heavy atom. The van der Waals surface area contributed by atoms with Gasteiger partial charge in [-0.15, -0.1) is 11.3 Å². The molecule has 1 aromatic rings. The first-order chi connectivity index (χ1) is 5.65. The van der Waals surface area contributed by atoms with Gasteiger partial charge in [-0.25, -0.2) is 4.98 Å². The van der Waals surface area contributed by atoms with Gasteiger partial charge in [0.25, 0.3) is 0 Å². The van der Waals surface area contributed by atoms with Crippen LogP contribution in [0.5, 0.6) is 0 Å². The number of nitriles is 1. The number of nitrogens with zero attached hydrogens (tertiary/aromatic N) is 2. The summed E-state index contributed by atoms with van der Waals surface area (Å²) in [6, 6.07) is 2.18. The molecule has 0 aliphatic rings. The van der Waals surface area contributed by atoms with Crippen LogP contribution in [0.1, 0.15) is 43.3 Å². The smallest absolute Gasteiger partial charge is 0.0954 e. The number of rotatable bonds is 2. The third-order valence-corrected chi connectivity index (χ3v) is 2.83. The number of hydrogen-bond acceptors (Lipinski definition) is 3. The largest absolute Gasteiger partial charge is 0.245 e. The highest BCUT2D eigenvalue weighted by Crippen LogP contribution is 2.23. The van der Waals surface area contributed by atoms with E-state index in [1.54, 1.807) is 11.3 Å². The van der Waals surface area contributed by atoms with Crippen molar-refractivity contribution in [3.8, 4) is 6.07 Å². The van der Waals surface area contributed by atoms with Gasteiger partial charge >= 0.3 is 0 Å². The average molecular weight is 180 g/mol. The first kappa shape index (κ1) is 9.21. The lowest BCUT2D eigenvalue weighted by Gasteiger charge is -1.97. The fourth-order valence-corrected chi connectivity index (χ4v) is 1.76. The van der Waals surface area contributed by atoms with E-state index >= 15 is 0 Å². The van der Waals surface area contributed by atoms with Gasteiger partial charge in [-0.1, -0.05) is 13.8 Å². The molecule has 1 atom stereocenters. The fraction of sp³-hybridized carbons (Fsp3) is 0.556. The Labute approximate surface area is 76.9 Å². The highest BCUT2D eigenvalue weighted by molar-refractivity contribution is 7.09. The normalized spacial score (nSPS) is 12.9. The molecular weight excluding hydrogens is 168 g/mol. The van der Waals surface area contributed by atoms with Crippen LogP contribution < -0.4 is 0 Å². The number of hydrogen-bond donors (Lipinski definition) is 0. The molecule has 0 amide bonds. The van der Waals surface area contributed by atoms with E-state index in [0.717, 1.165) is 10.7 Å². The molecule has 64 valence electrons. The van der Waals surface area contributed by atoms with Crippen LogP contribution in [-0.2, 0) is 0 Å². The minimum absolute atomic E-state index is 0.0752. The molecule has 0 N–H and O–H groups in total. The van der Waals surface area contributed by atoms with Crippen LogP contribution >= 0.6 is 11.3 Å². The Kier molecular flexibility index (Phi) is 2.83. The summed E-state index contributed by atoms with van der Waals surface area (Å²) < 4.78 is 0. The van der Waals surface area contributed by atoms with E-state index in [2.05, 4.69) is 24.9 Å². The summed E-state index contributed by atoms with van der Waals surface area (Å²) in [5.74, 6) is 0.392. The molecular formula is C9H12N2S. The molecule has 1 heterocycles. The molecule has 2 nitrogen and oxygen atoms in total. The van der Waals surface area contributed by atoms with Gasteiger partial charge < -0.3 is 0 Å². The molecule has 1 aromatic heterocycles. The Bertz CT molecular complexity index is 296. The predicted octanol–water partition coefficient (Wildman–Crippen LogP) is 2.89. The van der Waals surface area contributed by atoms with Gasteiger partial charge in [0, 0.05) is 11.3 Å². The fourth-order valence-electron chi connectivity index (χ4n) is 0.831. The second kappa shape index (κ2) is 3.68. The first-order valence-corrected chi connectivity index (χ1v) is 4.88. The molecule has 0 aliphatic heterocycles. The second-order valence-corrected chi connectivity index (χ2v) is 4.01. The molecule has 12 heavy (non-hydrogen) atoms. The zero-order chi connectivity index (χ0) is 9.14. The molecule has 0 radical (unpaired) electrons. The van der Waals surface area contributed by atoms with Crippen molar-refractivity contribution in [1.29, 1.82) is 5.26 Å². The van der Waals surface area contributed by atoms with Crippen LogP contribution in [0.15, 0.2) is 5.38 Å². The Hall–Kier alpha value is -0.880. The zero-order valence-corrected chi connectivity index (χ0v) is 8.35. The Morgan fingerprint density at radius 2 is 2.17 bits per heavy atom. The lowest BCUT2D eigenvalue weighted by Crippen LogP contribution is -1.91. The second-order valence-electron chi connectivity index (χ2n) is 3.12. The first-order valence-electron chi connectivity index (χ1n) is 4.00. The molecule has 0 saturated carbocycles. The van der Waals surface area contributed by atoms with Crippen LogP contribution in [-0.4, -0.2) is 4.98 Å². The lowest BCUT2D eigenvalue weighted by molar-refractivity contribution is 0.827. The Balaban J connectivity index is 2.86. The van der Waals surface area contributed by atoms with E-state index < -0.39 is 0 Å². The number of aromatic nitrogens is 1. The zero-order valence-electron chi connectivity index (χ0n) is 7.53. The molecule has 1 unspecified atom stereocenters. The van der Waals surface area contributed by atoms with Crippen molar-refractivity contribution >= 4 is 11.3 Å². The average Bonchev–Trinajstić information content (AvgIpc) is 2.51. The summed E-state index contributed by atoms with van der Waals surface area (Å²) in [6.45, 7) is 6.10. The minimum atomic E-state index is -0.0752. The Morgan fingerprint density at radius 1 is 1.50 bits per heavy atom. The van der Waals surface area contributed by atoms with Crippen LogP contribution in [0.3, 0.4) is 0 Å². The molecule has 0 aromatic carbocycles. The molecule has 3 heteroatoms. The van der Waals surface area contributed by atoms with E-state index in [-0.39, 0.29) is 5.92 Å². The molecule has 1 rings (SSSR count). The van der Waals surface area contributed by atoms with Gasteiger partial charge in [0.05, 0.1) is 22.7 Å². The monoisotopic (exact) mass is 180 g/mol.